The first kappa shape index (κ1) is 14.2. The molecule has 2 aromatic rings. The van der Waals surface area contributed by atoms with E-state index in [1.54, 1.807) is 0 Å². The quantitative estimate of drug-likeness (QED) is 0.902. The number of halogens is 1. The Morgan fingerprint density at radius 3 is 2.65 bits per heavy atom. The molecule has 0 saturated heterocycles. The molecular weight excluding hydrogens is 251 g/mol. The number of hydrogen-bond acceptors (Lipinski definition) is 2. The van der Waals surface area contributed by atoms with Gasteiger partial charge in [-0.25, -0.2) is 4.39 Å². The van der Waals surface area contributed by atoms with Gasteiger partial charge in [0.1, 0.15) is 5.82 Å². The first-order valence-electron chi connectivity index (χ1n) is 6.65. The molecule has 1 N–H and O–H groups in total. The summed E-state index contributed by atoms with van der Waals surface area (Å²) < 4.78 is 13.2. The lowest BCUT2D eigenvalue weighted by molar-refractivity contribution is 0.542. The van der Waals surface area contributed by atoms with Crippen LogP contribution in [0.15, 0.2) is 48.5 Å². The van der Waals surface area contributed by atoms with E-state index in [1.807, 2.05) is 18.2 Å². The summed E-state index contributed by atoms with van der Waals surface area (Å²) >= 11 is 0. The van der Waals surface area contributed by atoms with Gasteiger partial charge in [-0.15, -0.1) is 0 Å². The second kappa shape index (κ2) is 6.83. The Morgan fingerprint density at radius 1 is 1.20 bits per heavy atom. The van der Waals surface area contributed by atoms with E-state index in [2.05, 4.69) is 30.4 Å². The van der Waals surface area contributed by atoms with E-state index in [0.29, 0.717) is 17.7 Å². The fourth-order valence-electron chi connectivity index (χ4n) is 2.14. The van der Waals surface area contributed by atoms with Crippen LogP contribution in [-0.4, -0.2) is 6.04 Å². The Bertz CT molecular complexity index is 602. The topological polar surface area (TPSA) is 35.8 Å². The van der Waals surface area contributed by atoms with Crippen LogP contribution in [0.4, 0.5) is 4.39 Å². The summed E-state index contributed by atoms with van der Waals surface area (Å²) in [7, 11) is 0. The van der Waals surface area contributed by atoms with Gasteiger partial charge in [0.15, 0.2) is 0 Å². The molecule has 0 bridgehead atoms. The van der Waals surface area contributed by atoms with Crippen LogP contribution in [0.1, 0.15) is 23.6 Å². The van der Waals surface area contributed by atoms with Crippen LogP contribution in [0.25, 0.3) is 0 Å². The Labute approximate surface area is 118 Å². The smallest absolute Gasteiger partial charge is 0.123 e. The number of nitrogens with one attached hydrogen (secondary N) is 1. The normalized spacial score (nSPS) is 11.8. The Morgan fingerprint density at radius 2 is 1.95 bits per heavy atom. The highest BCUT2D eigenvalue weighted by molar-refractivity contribution is 5.37. The summed E-state index contributed by atoms with van der Waals surface area (Å²) in [6, 6.07) is 16.8. The molecule has 0 heterocycles. The van der Waals surface area contributed by atoms with Crippen LogP contribution in [-0.2, 0) is 13.0 Å². The van der Waals surface area contributed by atoms with Crippen LogP contribution < -0.4 is 5.32 Å². The Balaban J connectivity index is 1.95. The maximum absolute atomic E-state index is 13.2. The summed E-state index contributed by atoms with van der Waals surface area (Å²) in [6.45, 7) is 2.58. The largest absolute Gasteiger partial charge is 0.310 e. The van der Waals surface area contributed by atoms with Gasteiger partial charge in [-0.1, -0.05) is 30.3 Å². The first-order chi connectivity index (χ1) is 9.69. The Hall–Kier alpha value is -2.18. The molecule has 0 aliphatic carbocycles. The molecular formula is C17H17FN2. The maximum atomic E-state index is 13.2. The molecule has 0 fully saturated rings. The predicted molar refractivity (Wildman–Crippen MR) is 77.6 cm³/mol. The molecule has 0 radical (unpaired) electrons. The fourth-order valence-corrected chi connectivity index (χ4v) is 2.14. The predicted octanol–water partition coefficient (Wildman–Crippen LogP) is 3.42. The monoisotopic (exact) mass is 268 g/mol. The van der Waals surface area contributed by atoms with Crippen molar-refractivity contribution >= 4 is 0 Å². The average Bonchev–Trinajstić information content (AvgIpc) is 2.46. The molecule has 3 heteroatoms. The minimum Gasteiger partial charge on any atom is -0.310 e. The highest BCUT2D eigenvalue weighted by atomic mass is 19.1. The molecule has 20 heavy (non-hydrogen) atoms. The van der Waals surface area contributed by atoms with Gasteiger partial charge in [-0.3, -0.25) is 0 Å². The lowest BCUT2D eigenvalue weighted by Crippen LogP contribution is -2.27. The lowest BCUT2D eigenvalue weighted by atomic mass is 10.1. The van der Waals surface area contributed by atoms with E-state index in [0.717, 1.165) is 6.42 Å². The number of hydrogen-bond donors (Lipinski definition) is 1. The van der Waals surface area contributed by atoms with Gasteiger partial charge in [0.05, 0.1) is 11.6 Å². The minimum atomic E-state index is -0.309. The van der Waals surface area contributed by atoms with Crippen molar-refractivity contribution in [1.29, 1.82) is 5.26 Å². The molecule has 1 atom stereocenters. The fraction of sp³-hybridized carbons (Fsp3) is 0.235. The van der Waals surface area contributed by atoms with Gasteiger partial charge >= 0.3 is 0 Å². The molecule has 0 saturated carbocycles. The van der Waals surface area contributed by atoms with Crippen LogP contribution in [0.3, 0.4) is 0 Å². The first-order valence-corrected chi connectivity index (χ1v) is 6.65. The minimum absolute atomic E-state index is 0.257. The SMILES string of the molecule is CC(Cc1ccccc1)NCc1cc(F)ccc1C#N. The van der Waals surface area contributed by atoms with E-state index in [-0.39, 0.29) is 11.9 Å². The zero-order valence-corrected chi connectivity index (χ0v) is 11.4. The number of benzene rings is 2. The molecule has 1 unspecified atom stereocenters. The Kier molecular flexibility index (Phi) is 4.86. The van der Waals surface area contributed by atoms with Crippen molar-refractivity contribution < 1.29 is 4.39 Å². The molecule has 0 aromatic heterocycles. The molecule has 0 spiro atoms. The lowest BCUT2D eigenvalue weighted by Gasteiger charge is -2.14. The van der Waals surface area contributed by atoms with Crippen molar-refractivity contribution in [2.24, 2.45) is 0 Å². The van der Waals surface area contributed by atoms with Crippen molar-refractivity contribution in [2.45, 2.75) is 25.9 Å². The molecule has 2 rings (SSSR count). The number of nitriles is 1. The van der Waals surface area contributed by atoms with E-state index < -0.39 is 0 Å². The zero-order valence-electron chi connectivity index (χ0n) is 11.4. The van der Waals surface area contributed by atoms with Crippen LogP contribution in [0.2, 0.25) is 0 Å². The second-order valence-electron chi connectivity index (χ2n) is 4.88. The van der Waals surface area contributed by atoms with Crippen LogP contribution in [0.5, 0.6) is 0 Å². The maximum Gasteiger partial charge on any atom is 0.123 e. The summed E-state index contributed by atoms with van der Waals surface area (Å²) in [6.07, 6.45) is 0.901. The number of nitrogens with zero attached hydrogens (tertiary/aromatic N) is 1. The van der Waals surface area contributed by atoms with Gasteiger partial charge in [-0.05, 0) is 42.7 Å². The van der Waals surface area contributed by atoms with E-state index in [1.165, 1.54) is 23.8 Å². The van der Waals surface area contributed by atoms with Crippen LogP contribution >= 0.6 is 0 Å². The van der Waals surface area contributed by atoms with Crippen molar-refractivity contribution in [2.75, 3.05) is 0 Å². The third-order valence-corrected chi connectivity index (χ3v) is 3.21. The van der Waals surface area contributed by atoms with Gasteiger partial charge in [-0.2, -0.15) is 5.26 Å². The molecule has 2 nitrogen and oxygen atoms in total. The van der Waals surface area contributed by atoms with Crippen molar-refractivity contribution in [3.8, 4) is 6.07 Å². The number of rotatable bonds is 5. The standard InChI is InChI=1S/C17H17FN2/c1-13(9-14-5-3-2-4-6-14)20-12-16-10-17(18)8-7-15(16)11-19/h2-8,10,13,20H,9,12H2,1H3. The van der Waals surface area contributed by atoms with Crippen LogP contribution in [0, 0.1) is 17.1 Å². The van der Waals surface area contributed by atoms with Gasteiger partial charge < -0.3 is 5.32 Å². The molecule has 0 aliphatic rings. The van der Waals surface area contributed by atoms with Crippen molar-refractivity contribution in [1.82, 2.24) is 5.32 Å². The average molecular weight is 268 g/mol. The summed E-state index contributed by atoms with van der Waals surface area (Å²) in [5.41, 5.74) is 2.48. The second-order valence-corrected chi connectivity index (χ2v) is 4.88. The molecule has 0 amide bonds. The highest BCUT2D eigenvalue weighted by Crippen LogP contribution is 2.11. The van der Waals surface area contributed by atoms with Gasteiger partial charge in [0, 0.05) is 12.6 Å². The molecule has 0 aliphatic heterocycles. The van der Waals surface area contributed by atoms with Gasteiger partial charge in [0.2, 0.25) is 0 Å². The zero-order chi connectivity index (χ0) is 14.4. The van der Waals surface area contributed by atoms with Crippen molar-refractivity contribution in [3.63, 3.8) is 0 Å². The summed E-state index contributed by atoms with van der Waals surface area (Å²) in [5.74, 6) is -0.309. The third kappa shape index (κ3) is 3.91. The molecule has 102 valence electrons. The highest BCUT2D eigenvalue weighted by Gasteiger charge is 2.07. The van der Waals surface area contributed by atoms with Crippen molar-refractivity contribution in [3.05, 3.63) is 71.0 Å². The van der Waals surface area contributed by atoms with E-state index in [4.69, 9.17) is 5.26 Å². The third-order valence-electron chi connectivity index (χ3n) is 3.21. The molecule has 2 aromatic carbocycles. The van der Waals surface area contributed by atoms with E-state index in [9.17, 15) is 4.39 Å². The summed E-state index contributed by atoms with van der Waals surface area (Å²) in [5, 5.41) is 12.3. The van der Waals surface area contributed by atoms with E-state index >= 15 is 0 Å². The summed E-state index contributed by atoms with van der Waals surface area (Å²) in [4.78, 5) is 0. The van der Waals surface area contributed by atoms with Gasteiger partial charge in [0.25, 0.3) is 0 Å².